The van der Waals surface area contributed by atoms with Crippen LogP contribution in [0, 0.1) is 5.82 Å². The van der Waals surface area contributed by atoms with Crippen LogP contribution >= 0.6 is 0 Å². The molecule has 7 heteroatoms. The lowest BCUT2D eigenvalue weighted by Gasteiger charge is -2.12. The van der Waals surface area contributed by atoms with E-state index < -0.39 is 0 Å². The number of fused-ring (bicyclic) bond motifs is 1. The van der Waals surface area contributed by atoms with E-state index in [9.17, 15) is 9.18 Å². The van der Waals surface area contributed by atoms with Crippen LogP contribution in [0.5, 0.6) is 5.75 Å². The molecule has 4 aromatic rings. The molecule has 0 atom stereocenters. The molecule has 0 fully saturated rings. The summed E-state index contributed by atoms with van der Waals surface area (Å²) in [5.74, 6) is 1.34. The van der Waals surface area contributed by atoms with Crippen LogP contribution in [-0.2, 0) is 19.5 Å². The minimum Gasteiger partial charge on any atom is -0.496 e. The van der Waals surface area contributed by atoms with Crippen LogP contribution in [0.1, 0.15) is 17.0 Å². The van der Waals surface area contributed by atoms with E-state index in [0.717, 1.165) is 33.7 Å². The number of aromatic nitrogens is 2. The Kier molecular flexibility index (Phi) is 6.65. The van der Waals surface area contributed by atoms with E-state index in [1.54, 1.807) is 19.2 Å². The predicted octanol–water partition coefficient (Wildman–Crippen LogP) is 4.27. The molecule has 32 heavy (non-hydrogen) atoms. The van der Waals surface area contributed by atoms with Crippen LogP contribution < -0.4 is 15.4 Å². The van der Waals surface area contributed by atoms with E-state index in [0.29, 0.717) is 26.1 Å². The fraction of sp³-hybridized carbons (Fsp3) is 0.200. The Morgan fingerprint density at radius 1 is 1.00 bits per heavy atom. The molecule has 1 aromatic heterocycles. The second-order valence-electron chi connectivity index (χ2n) is 7.40. The number of carbonyl (C=O) groups is 1. The molecule has 3 aromatic carbocycles. The van der Waals surface area contributed by atoms with Crippen LogP contribution in [0.3, 0.4) is 0 Å². The van der Waals surface area contributed by atoms with Gasteiger partial charge in [-0.25, -0.2) is 14.2 Å². The number of amides is 2. The first-order valence-corrected chi connectivity index (χ1v) is 10.5. The van der Waals surface area contributed by atoms with Crippen LogP contribution in [0.2, 0.25) is 0 Å². The standard InChI is InChI=1S/C25H25FN4O2/c1-32-23-9-5-2-6-19(23)16-28-25(31)27-15-14-24-29-21-7-3-4-8-22(21)30(24)17-18-10-12-20(26)13-11-18/h2-13H,14-17H2,1H3,(H2,27,28,31). The van der Waals surface area contributed by atoms with Crippen molar-refractivity contribution in [2.45, 2.75) is 19.5 Å². The van der Waals surface area contributed by atoms with Crippen molar-refractivity contribution in [3.63, 3.8) is 0 Å². The van der Waals surface area contributed by atoms with Gasteiger partial charge in [-0.15, -0.1) is 0 Å². The lowest BCUT2D eigenvalue weighted by atomic mass is 10.2. The van der Waals surface area contributed by atoms with Gasteiger partial charge in [-0.1, -0.05) is 42.5 Å². The first kappa shape index (κ1) is 21.4. The maximum atomic E-state index is 13.3. The summed E-state index contributed by atoms with van der Waals surface area (Å²) in [5, 5.41) is 5.74. The van der Waals surface area contributed by atoms with Crippen molar-refractivity contribution in [3.05, 3.63) is 95.6 Å². The van der Waals surface area contributed by atoms with Crippen molar-refractivity contribution in [2.75, 3.05) is 13.7 Å². The summed E-state index contributed by atoms with van der Waals surface area (Å²) < 4.78 is 20.7. The number of methoxy groups -OCH3 is 1. The van der Waals surface area contributed by atoms with Crippen LogP contribution in [0.4, 0.5) is 9.18 Å². The van der Waals surface area contributed by atoms with E-state index in [1.807, 2.05) is 48.5 Å². The third-order valence-electron chi connectivity index (χ3n) is 5.25. The highest BCUT2D eigenvalue weighted by atomic mass is 19.1. The van der Waals surface area contributed by atoms with Crippen molar-refractivity contribution in [3.8, 4) is 5.75 Å². The Morgan fingerprint density at radius 3 is 2.56 bits per heavy atom. The molecule has 2 amide bonds. The number of para-hydroxylation sites is 3. The topological polar surface area (TPSA) is 68.2 Å². The molecular formula is C25H25FN4O2. The third-order valence-corrected chi connectivity index (χ3v) is 5.25. The van der Waals surface area contributed by atoms with Crippen LogP contribution in [0.15, 0.2) is 72.8 Å². The van der Waals surface area contributed by atoms with Crippen molar-refractivity contribution in [1.29, 1.82) is 0 Å². The normalized spacial score (nSPS) is 10.8. The molecule has 0 unspecified atom stereocenters. The van der Waals surface area contributed by atoms with Gasteiger partial charge >= 0.3 is 6.03 Å². The van der Waals surface area contributed by atoms with Gasteiger partial charge in [0, 0.05) is 31.6 Å². The highest BCUT2D eigenvalue weighted by Crippen LogP contribution is 2.19. The molecule has 164 valence electrons. The van der Waals surface area contributed by atoms with Crippen molar-refractivity contribution >= 4 is 17.1 Å². The molecule has 6 nitrogen and oxygen atoms in total. The molecule has 0 aliphatic carbocycles. The summed E-state index contributed by atoms with van der Waals surface area (Å²) in [6.45, 7) is 1.39. The SMILES string of the molecule is COc1ccccc1CNC(=O)NCCc1nc2ccccc2n1Cc1ccc(F)cc1. The zero-order chi connectivity index (χ0) is 22.3. The van der Waals surface area contributed by atoms with Gasteiger partial charge in [-0.3, -0.25) is 0 Å². The molecule has 4 rings (SSSR count). The van der Waals surface area contributed by atoms with E-state index >= 15 is 0 Å². The van der Waals surface area contributed by atoms with Crippen molar-refractivity contribution in [2.24, 2.45) is 0 Å². The number of nitrogens with one attached hydrogen (secondary N) is 2. The van der Waals surface area contributed by atoms with Gasteiger partial charge in [0.1, 0.15) is 17.4 Å². The Morgan fingerprint density at radius 2 is 1.75 bits per heavy atom. The van der Waals surface area contributed by atoms with Crippen molar-refractivity contribution in [1.82, 2.24) is 20.2 Å². The largest absolute Gasteiger partial charge is 0.496 e. The fourth-order valence-electron chi connectivity index (χ4n) is 3.64. The van der Waals surface area contributed by atoms with Gasteiger partial charge in [-0.05, 0) is 35.9 Å². The number of nitrogens with zero attached hydrogens (tertiary/aromatic N) is 2. The number of imidazole rings is 1. The molecule has 0 saturated heterocycles. The number of hydrogen-bond donors (Lipinski definition) is 2. The molecule has 0 aliphatic heterocycles. The summed E-state index contributed by atoms with van der Waals surface area (Å²) in [5.41, 5.74) is 3.79. The average molecular weight is 432 g/mol. The Bertz CT molecular complexity index is 1200. The lowest BCUT2D eigenvalue weighted by molar-refractivity contribution is 0.240. The van der Waals surface area contributed by atoms with Gasteiger partial charge in [0.05, 0.1) is 18.1 Å². The maximum Gasteiger partial charge on any atom is 0.315 e. The number of benzene rings is 3. The Labute approximate surface area is 186 Å². The first-order chi connectivity index (χ1) is 15.6. The quantitative estimate of drug-likeness (QED) is 0.437. The minimum absolute atomic E-state index is 0.253. The van der Waals surface area contributed by atoms with Gasteiger partial charge in [0.15, 0.2) is 0 Å². The molecule has 0 spiro atoms. The highest BCUT2D eigenvalue weighted by molar-refractivity contribution is 5.76. The smallest absolute Gasteiger partial charge is 0.315 e. The summed E-state index contributed by atoms with van der Waals surface area (Å²) in [6.07, 6.45) is 0.567. The number of halogens is 1. The fourth-order valence-corrected chi connectivity index (χ4v) is 3.64. The van der Waals surface area contributed by atoms with E-state index in [-0.39, 0.29) is 11.8 Å². The Balaban J connectivity index is 1.39. The van der Waals surface area contributed by atoms with Gasteiger partial charge in [-0.2, -0.15) is 0 Å². The van der Waals surface area contributed by atoms with E-state index in [2.05, 4.69) is 15.2 Å². The monoisotopic (exact) mass is 432 g/mol. The summed E-state index contributed by atoms with van der Waals surface area (Å²) in [6, 6.07) is 21.7. The average Bonchev–Trinajstić information content (AvgIpc) is 3.16. The predicted molar refractivity (Wildman–Crippen MR) is 122 cm³/mol. The summed E-state index contributed by atoms with van der Waals surface area (Å²) >= 11 is 0. The molecule has 1 heterocycles. The van der Waals surface area contributed by atoms with E-state index in [1.165, 1.54) is 12.1 Å². The zero-order valence-corrected chi connectivity index (χ0v) is 17.8. The summed E-state index contributed by atoms with van der Waals surface area (Å²) in [7, 11) is 1.61. The minimum atomic E-state index is -0.257. The number of urea groups is 1. The number of carbonyl (C=O) groups excluding carboxylic acids is 1. The van der Waals surface area contributed by atoms with E-state index in [4.69, 9.17) is 9.72 Å². The van der Waals surface area contributed by atoms with Gasteiger partial charge in [0.2, 0.25) is 0 Å². The first-order valence-electron chi connectivity index (χ1n) is 10.5. The molecular weight excluding hydrogens is 407 g/mol. The van der Waals surface area contributed by atoms with Gasteiger partial charge < -0.3 is 19.9 Å². The number of ether oxygens (including phenoxy) is 1. The number of hydrogen-bond acceptors (Lipinski definition) is 3. The van der Waals surface area contributed by atoms with Crippen LogP contribution in [0.25, 0.3) is 11.0 Å². The Hall–Kier alpha value is -3.87. The molecule has 0 aliphatic rings. The van der Waals surface area contributed by atoms with Crippen LogP contribution in [-0.4, -0.2) is 29.2 Å². The maximum absolute atomic E-state index is 13.3. The molecule has 2 N–H and O–H groups in total. The zero-order valence-electron chi connectivity index (χ0n) is 17.8. The number of rotatable bonds is 8. The molecule has 0 saturated carbocycles. The molecule has 0 radical (unpaired) electrons. The third kappa shape index (κ3) is 5.06. The van der Waals surface area contributed by atoms with Crippen molar-refractivity contribution < 1.29 is 13.9 Å². The summed E-state index contributed by atoms with van der Waals surface area (Å²) in [4.78, 5) is 17.0. The second kappa shape index (κ2) is 9.96. The second-order valence-corrected chi connectivity index (χ2v) is 7.40. The highest BCUT2D eigenvalue weighted by Gasteiger charge is 2.12. The molecule has 0 bridgehead atoms. The lowest BCUT2D eigenvalue weighted by Crippen LogP contribution is -2.36. The van der Waals surface area contributed by atoms with Gasteiger partial charge in [0.25, 0.3) is 0 Å².